The maximum absolute atomic E-state index is 6.10. The van der Waals surface area contributed by atoms with Gasteiger partial charge in [-0.25, -0.2) is 0 Å². The molecule has 2 heteroatoms. The Hall–Kier alpha value is -1.02. The highest BCUT2D eigenvalue weighted by atomic mass is 16.5. The molecule has 0 aromatic heterocycles. The maximum atomic E-state index is 6.10. The van der Waals surface area contributed by atoms with Crippen molar-refractivity contribution in [3.8, 4) is 5.75 Å². The van der Waals surface area contributed by atoms with Crippen molar-refractivity contribution in [2.45, 2.75) is 31.7 Å². The SMILES string of the molecule is COc1ccc(C)cc1CC1(N)CC1. The van der Waals surface area contributed by atoms with E-state index in [4.69, 9.17) is 10.5 Å². The van der Waals surface area contributed by atoms with Crippen LogP contribution in [0.1, 0.15) is 24.0 Å². The molecule has 0 bridgehead atoms. The van der Waals surface area contributed by atoms with Gasteiger partial charge in [0.1, 0.15) is 5.75 Å². The summed E-state index contributed by atoms with van der Waals surface area (Å²) < 4.78 is 5.32. The molecule has 0 radical (unpaired) electrons. The maximum Gasteiger partial charge on any atom is 0.122 e. The van der Waals surface area contributed by atoms with Crippen LogP contribution < -0.4 is 10.5 Å². The van der Waals surface area contributed by atoms with Gasteiger partial charge in [0.05, 0.1) is 7.11 Å². The van der Waals surface area contributed by atoms with Crippen molar-refractivity contribution in [1.29, 1.82) is 0 Å². The topological polar surface area (TPSA) is 35.2 Å². The molecule has 1 aromatic rings. The summed E-state index contributed by atoms with van der Waals surface area (Å²) in [5.74, 6) is 0.965. The van der Waals surface area contributed by atoms with Crippen molar-refractivity contribution >= 4 is 0 Å². The number of hydrogen-bond acceptors (Lipinski definition) is 2. The Morgan fingerprint density at radius 1 is 1.43 bits per heavy atom. The number of nitrogens with two attached hydrogens (primary N) is 1. The molecule has 2 nitrogen and oxygen atoms in total. The van der Waals surface area contributed by atoms with E-state index < -0.39 is 0 Å². The summed E-state index contributed by atoms with van der Waals surface area (Å²) >= 11 is 0. The number of rotatable bonds is 3. The zero-order valence-corrected chi connectivity index (χ0v) is 8.84. The van der Waals surface area contributed by atoms with Gasteiger partial charge in [-0.2, -0.15) is 0 Å². The van der Waals surface area contributed by atoms with Crippen LogP contribution in [-0.2, 0) is 6.42 Å². The number of methoxy groups -OCH3 is 1. The highest BCUT2D eigenvalue weighted by molar-refractivity contribution is 5.38. The quantitative estimate of drug-likeness (QED) is 0.793. The molecule has 0 heterocycles. The fourth-order valence-electron chi connectivity index (χ4n) is 1.76. The lowest BCUT2D eigenvalue weighted by atomic mass is 10.0. The summed E-state index contributed by atoms with van der Waals surface area (Å²) in [5, 5.41) is 0. The summed E-state index contributed by atoms with van der Waals surface area (Å²) in [6.45, 7) is 2.10. The molecule has 0 aliphatic heterocycles. The van der Waals surface area contributed by atoms with E-state index in [2.05, 4.69) is 19.1 Å². The molecule has 1 aliphatic rings. The van der Waals surface area contributed by atoms with Gasteiger partial charge in [0, 0.05) is 5.54 Å². The van der Waals surface area contributed by atoms with Crippen LogP contribution in [0.3, 0.4) is 0 Å². The van der Waals surface area contributed by atoms with Gasteiger partial charge in [-0.3, -0.25) is 0 Å². The Bertz CT molecular complexity index is 342. The van der Waals surface area contributed by atoms with Crippen LogP contribution in [-0.4, -0.2) is 12.6 Å². The lowest BCUT2D eigenvalue weighted by Crippen LogP contribution is -2.24. The summed E-state index contributed by atoms with van der Waals surface area (Å²) in [6, 6.07) is 6.26. The molecule has 2 rings (SSSR count). The normalized spacial score (nSPS) is 17.9. The van der Waals surface area contributed by atoms with Crippen LogP contribution in [0.4, 0.5) is 0 Å². The molecule has 0 saturated heterocycles. The molecule has 1 aliphatic carbocycles. The standard InChI is InChI=1S/C12H17NO/c1-9-3-4-11(14-2)10(7-9)8-12(13)5-6-12/h3-4,7H,5-6,8,13H2,1-2H3. The molecule has 0 amide bonds. The lowest BCUT2D eigenvalue weighted by Gasteiger charge is -2.13. The third kappa shape index (κ3) is 1.90. The number of benzene rings is 1. The second-order valence-electron chi connectivity index (χ2n) is 4.35. The summed E-state index contributed by atoms with van der Waals surface area (Å²) in [7, 11) is 1.71. The second kappa shape index (κ2) is 3.28. The summed E-state index contributed by atoms with van der Waals surface area (Å²) in [5.41, 5.74) is 8.66. The average Bonchev–Trinajstić information content (AvgIpc) is 2.84. The van der Waals surface area contributed by atoms with Gasteiger partial charge < -0.3 is 10.5 Å². The molecular formula is C12H17NO. The van der Waals surface area contributed by atoms with Crippen LogP contribution in [0.15, 0.2) is 18.2 Å². The van der Waals surface area contributed by atoms with Gasteiger partial charge in [0.25, 0.3) is 0 Å². The summed E-state index contributed by atoms with van der Waals surface area (Å²) in [4.78, 5) is 0. The second-order valence-corrected chi connectivity index (χ2v) is 4.35. The zero-order chi connectivity index (χ0) is 10.2. The monoisotopic (exact) mass is 191 g/mol. The molecule has 1 fully saturated rings. The molecule has 0 spiro atoms. The van der Waals surface area contributed by atoms with E-state index in [-0.39, 0.29) is 5.54 Å². The predicted octanol–water partition coefficient (Wildman–Crippen LogP) is 2.04. The van der Waals surface area contributed by atoms with Gasteiger partial charge >= 0.3 is 0 Å². The van der Waals surface area contributed by atoms with Crippen LogP contribution >= 0.6 is 0 Å². The largest absolute Gasteiger partial charge is 0.496 e. The van der Waals surface area contributed by atoms with E-state index in [9.17, 15) is 0 Å². The fraction of sp³-hybridized carbons (Fsp3) is 0.500. The van der Waals surface area contributed by atoms with E-state index in [0.29, 0.717) is 0 Å². The Labute approximate surface area is 85.1 Å². The first-order valence-electron chi connectivity index (χ1n) is 5.05. The van der Waals surface area contributed by atoms with Gasteiger partial charge in [-0.05, 0) is 37.8 Å². The summed E-state index contributed by atoms with van der Waals surface area (Å²) in [6.07, 6.45) is 3.23. The Morgan fingerprint density at radius 2 is 2.14 bits per heavy atom. The van der Waals surface area contributed by atoms with Gasteiger partial charge in [-0.1, -0.05) is 17.7 Å². The molecule has 14 heavy (non-hydrogen) atoms. The lowest BCUT2D eigenvalue weighted by molar-refractivity contribution is 0.407. The third-order valence-electron chi connectivity index (χ3n) is 2.87. The van der Waals surface area contributed by atoms with Crippen molar-refractivity contribution in [3.63, 3.8) is 0 Å². The Morgan fingerprint density at radius 3 is 2.71 bits per heavy atom. The number of hydrogen-bond donors (Lipinski definition) is 1. The van der Waals surface area contributed by atoms with Crippen molar-refractivity contribution in [3.05, 3.63) is 29.3 Å². The smallest absolute Gasteiger partial charge is 0.122 e. The van der Waals surface area contributed by atoms with Crippen LogP contribution in [0, 0.1) is 6.92 Å². The fourth-order valence-corrected chi connectivity index (χ4v) is 1.76. The van der Waals surface area contributed by atoms with Crippen molar-refractivity contribution in [1.82, 2.24) is 0 Å². The van der Waals surface area contributed by atoms with E-state index >= 15 is 0 Å². The van der Waals surface area contributed by atoms with Crippen molar-refractivity contribution in [2.75, 3.05) is 7.11 Å². The van der Waals surface area contributed by atoms with Crippen molar-refractivity contribution in [2.24, 2.45) is 5.73 Å². The minimum absolute atomic E-state index is 0.0566. The Kier molecular flexibility index (Phi) is 2.23. The van der Waals surface area contributed by atoms with E-state index in [1.807, 2.05) is 6.07 Å². The predicted molar refractivity (Wildman–Crippen MR) is 57.6 cm³/mol. The molecule has 0 unspecified atom stereocenters. The zero-order valence-electron chi connectivity index (χ0n) is 8.84. The molecule has 76 valence electrons. The van der Waals surface area contributed by atoms with Gasteiger partial charge in [0.2, 0.25) is 0 Å². The van der Waals surface area contributed by atoms with E-state index in [1.54, 1.807) is 7.11 Å². The van der Waals surface area contributed by atoms with E-state index in [0.717, 1.165) is 25.0 Å². The highest BCUT2D eigenvalue weighted by Crippen LogP contribution is 2.37. The minimum atomic E-state index is 0.0566. The molecule has 1 saturated carbocycles. The van der Waals surface area contributed by atoms with Gasteiger partial charge in [0.15, 0.2) is 0 Å². The molecule has 0 atom stereocenters. The van der Waals surface area contributed by atoms with E-state index in [1.165, 1.54) is 11.1 Å². The first-order valence-corrected chi connectivity index (χ1v) is 5.05. The molecular weight excluding hydrogens is 174 g/mol. The van der Waals surface area contributed by atoms with Crippen LogP contribution in [0.2, 0.25) is 0 Å². The minimum Gasteiger partial charge on any atom is -0.496 e. The third-order valence-corrected chi connectivity index (χ3v) is 2.87. The Balaban J connectivity index is 2.25. The van der Waals surface area contributed by atoms with Crippen LogP contribution in [0.5, 0.6) is 5.75 Å². The highest BCUT2D eigenvalue weighted by Gasteiger charge is 2.38. The molecule has 1 aromatic carbocycles. The first kappa shape index (κ1) is 9.53. The number of aryl methyl sites for hydroxylation is 1. The molecule has 2 N–H and O–H groups in total. The van der Waals surface area contributed by atoms with Crippen LogP contribution in [0.25, 0.3) is 0 Å². The van der Waals surface area contributed by atoms with Crippen molar-refractivity contribution < 1.29 is 4.74 Å². The first-order chi connectivity index (χ1) is 6.63. The number of ether oxygens (including phenoxy) is 1. The average molecular weight is 191 g/mol. The van der Waals surface area contributed by atoms with Gasteiger partial charge in [-0.15, -0.1) is 0 Å².